The van der Waals surface area contributed by atoms with E-state index in [9.17, 15) is 9.59 Å². The van der Waals surface area contributed by atoms with Gasteiger partial charge in [0.2, 0.25) is 11.8 Å². The predicted molar refractivity (Wildman–Crippen MR) is 112 cm³/mol. The Kier molecular flexibility index (Phi) is 5.99. The highest BCUT2D eigenvalue weighted by atomic mass is 32.2. The van der Waals surface area contributed by atoms with Gasteiger partial charge in [0.05, 0.1) is 5.75 Å². The summed E-state index contributed by atoms with van der Waals surface area (Å²) in [4.78, 5) is 28.6. The first kappa shape index (κ1) is 19.7. The van der Waals surface area contributed by atoms with Crippen LogP contribution in [0.15, 0.2) is 48.1 Å². The van der Waals surface area contributed by atoms with Gasteiger partial charge >= 0.3 is 0 Å². The fourth-order valence-electron chi connectivity index (χ4n) is 3.47. The number of amides is 2. The number of thioether (sulfide) groups is 1. The van der Waals surface area contributed by atoms with Gasteiger partial charge in [-0.05, 0) is 12.8 Å². The van der Waals surface area contributed by atoms with Crippen molar-refractivity contribution in [2.75, 3.05) is 31.9 Å². The van der Waals surface area contributed by atoms with E-state index < -0.39 is 0 Å². The van der Waals surface area contributed by atoms with Crippen LogP contribution in [0.3, 0.4) is 0 Å². The van der Waals surface area contributed by atoms with Crippen LogP contribution in [0.5, 0.6) is 0 Å². The van der Waals surface area contributed by atoms with Crippen molar-refractivity contribution in [3.63, 3.8) is 0 Å². The molecule has 0 unspecified atom stereocenters. The van der Waals surface area contributed by atoms with Crippen LogP contribution in [-0.4, -0.2) is 68.3 Å². The van der Waals surface area contributed by atoms with Crippen molar-refractivity contribution in [3.8, 4) is 11.4 Å². The van der Waals surface area contributed by atoms with Gasteiger partial charge in [-0.25, -0.2) is 0 Å². The van der Waals surface area contributed by atoms with Gasteiger partial charge in [-0.2, -0.15) is 0 Å². The number of piperazine rings is 1. The average Bonchev–Trinajstić information content (AvgIpc) is 3.54. The lowest BCUT2D eigenvalue weighted by molar-refractivity contribution is -0.139. The van der Waals surface area contributed by atoms with E-state index in [2.05, 4.69) is 16.8 Å². The lowest BCUT2D eigenvalue weighted by Gasteiger charge is -2.34. The third-order valence-corrected chi connectivity index (χ3v) is 6.21. The number of aromatic nitrogens is 3. The molecule has 1 aromatic heterocycles. The minimum absolute atomic E-state index is 0.0722. The maximum absolute atomic E-state index is 12.7. The molecule has 1 aliphatic carbocycles. The Morgan fingerprint density at radius 3 is 2.41 bits per heavy atom. The molecule has 1 saturated heterocycles. The molecule has 2 aliphatic rings. The molecule has 2 aromatic rings. The Labute approximate surface area is 174 Å². The molecule has 2 fully saturated rings. The van der Waals surface area contributed by atoms with Crippen molar-refractivity contribution >= 4 is 23.6 Å². The van der Waals surface area contributed by atoms with Gasteiger partial charge in [-0.15, -0.1) is 16.8 Å². The zero-order valence-corrected chi connectivity index (χ0v) is 17.2. The topological polar surface area (TPSA) is 71.3 Å². The van der Waals surface area contributed by atoms with E-state index in [1.165, 1.54) is 11.8 Å². The summed E-state index contributed by atoms with van der Waals surface area (Å²) in [6.07, 6.45) is 3.84. The number of carbonyl (C=O) groups excluding carboxylic acids is 2. The van der Waals surface area contributed by atoms with Crippen LogP contribution in [0.4, 0.5) is 0 Å². The van der Waals surface area contributed by atoms with Crippen LogP contribution in [0, 0.1) is 5.92 Å². The van der Waals surface area contributed by atoms with Crippen molar-refractivity contribution in [2.45, 2.75) is 24.5 Å². The smallest absolute Gasteiger partial charge is 0.233 e. The average molecular weight is 412 g/mol. The highest BCUT2D eigenvalue weighted by Crippen LogP contribution is 2.31. The molecule has 1 aromatic carbocycles. The first-order valence-electron chi connectivity index (χ1n) is 9.96. The first-order chi connectivity index (χ1) is 14.2. The third kappa shape index (κ3) is 4.53. The zero-order valence-electron chi connectivity index (χ0n) is 16.4. The van der Waals surface area contributed by atoms with Crippen molar-refractivity contribution in [3.05, 3.63) is 43.0 Å². The van der Waals surface area contributed by atoms with E-state index in [1.54, 1.807) is 6.08 Å². The second-order valence-corrected chi connectivity index (χ2v) is 8.28. The van der Waals surface area contributed by atoms with E-state index in [1.807, 2.05) is 44.7 Å². The molecule has 152 valence electrons. The molecule has 1 saturated carbocycles. The number of benzene rings is 1. The molecular formula is C21H25N5O2S. The molecule has 0 spiro atoms. The van der Waals surface area contributed by atoms with Crippen molar-refractivity contribution in [1.82, 2.24) is 24.6 Å². The summed E-state index contributed by atoms with van der Waals surface area (Å²) in [6, 6.07) is 9.87. The maximum atomic E-state index is 12.7. The van der Waals surface area contributed by atoms with Gasteiger partial charge < -0.3 is 9.80 Å². The van der Waals surface area contributed by atoms with Gasteiger partial charge in [0.15, 0.2) is 11.0 Å². The summed E-state index contributed by atoms with van der Waals surface area (Å²) in [5, 5.41) is 9.32. The Hall–Kier alpha value is -2.61. The molecule has 0 atom stereocenters. The SMILES string of the molecule is C=CCn1c(SCC(=O)N2CCN(C(=O)C3CC3)CC2)nnc1-c1ccccc1. The molecule has 2 amide bonds. The third-order valence-electron chi connectivity index (χ3n) is 5.26. The van der Waals surface area contributed by atoms with E-state index in [4.69, 9.17) is 0 Å². The minimum Gasteiger partial charge on any atom is -0.339 e. The van der Waals surface area contributed by atoms with Crippen molar-refractivity contribution in [2.24, 2.45) is 5.92 Å². The quantitative estimate of drug-likeness (QED) is 0.516. The molecule has 8 heteroatoms. The summed E-state index contributed by atoms with van der Waals surface area (Å²) in [5.74, 6) is 1.65. The monoisotopic (exact) mass is 411 g/mol. The highest BCUT2D eigenvalue weighted by Gasteiger charge is 2.35. The van der Waals surface area contributed by atoms with E-state index >= 15 is 0 Å². The predicted octanol–water partition coefficient (Wildman–Crippen LogP) is 2.30. The maximum Gasteiger partial charge on any atom is 0.233 e. The second kappa shape index (κ2) is 8.82. The van der Waals surface area contributed by atoms with E-state index in [0.29, 0.717) is 43.6 Å². The van der Waals surface area contributed by atoms with Gasteiger partial charge in [-0.3, -0.25) is 14.2 Å². The normalized spacial score (nSPS) is 16.7. The lowest BCUT2D eigenvalue weighted by atomic mass is 10.2. The number of allylic oxidation sites excluding steroid dienone is 1. The number of hydrogen-bond acceptors (Lipinski definition) is 5. The molecule has 0 N–H and O–H groups in total. The summed E-state index contributed by atoms with van der Waals surface area (Å²) in [6.45, 7) is 6.88. The molecule has 29 heavy (non-hydrogen) atoms. The minimum atomic E-state index is 0.0722. The van der Waals surface area contributed by atoms with Crippen LogP contribution in [0.25, 0.3) is 11.4 Å². The molecule has 1 aliphatic heterocycles. The summed E-state index contributed by atoms with van der Waals surface area (Å²) < 4.78 is 1.98. The van der Waals surface area contributed by atoms with Crippen LogP contribution in [-0.2, 0) is 16.1 Å². The fourth-order valence-corrected chi connectivity index (χ4v) is 4.32. The number of rotatable bonds is 7. The van der Waals surface area contributed by atoms with E-state index in [-0.39, 0.29) is 17.7 Å². The number of nitrogens with zero attached hydrogens (tertiary/aromatic N) is 5. The van der Waals surface area contributed by atoms with Gasteiger partial charge in [0.25, 0.3) is 0 Å². The lowest BCUT2D eigenvalue weighted by Crippen LogP contribution is -2.51. The Morgan fingerprint density at radius 2 is 1.76 bits per heavy atom. The van der Waals surface area contributed by atoms with Gasteiger partial charge in [0, 0.05) is 44.2 Å². The molecular weight excluding hydrogens is 386 g/mol. The largest absolute Gasteiger partial charge is 0.339 e. The van der Waals surface area contributed by atoms with Crippen LogP contribution in [0.1, 0.15) is 12.8 Å². The first-order valence-corrected chi connectivity index (χ1v) is 10.9. The van der Waals surface area contributed by atoms with Crippen LogP contribution in [0.2, 0.25) is 0 Å². The van der Waals surface area contributed by atoms with Crippen molar-refractivity contribution < 1.29 is 9.59 Å². The van der Waals surface area contributed by atoms with E-state index in [0.717, 1.165) is 24.2 Å². The Bertz CT molecular complexity index is 886. The molecule has 2 heterocycles. The molecule has 0 radical (unpaired) electrons. The number of carbonyl (C=O) groups is 2. The van der Waals surface area contributed by atoms with Gasteiger partial charge in [0.1, 0.15) is 0 Å². The standard InChI is InChI=1S/C21H25N5O2S/c1-2-10-26-19(16-6-4-3-5-7-16)22-23-21(26)29-15-18(27)24-11-13-25(14-12-24)20(28)17-8-9-17/h2-7,17H,1,8-15H2. The molecule has 4 rings (SSSR count). The van der Waals surface area contributed by atoms with Crippen molar-refractivity contribution in [1.29, 1.82) is 0 Å². The molecule has 0 bridgehead atoms. The van der Waals surface area contributed by atoms with Gasteiger partial charge in [-0.1, -0.05) is 48.2 Å². The van der Waals surface area contributed by atoms with Crippen LogP contribution < -0.4 is 0 Å². The summed E-state index contributed by atoms with van der Waals surface area (Å²) >= 11 is 1.40. The fraction of sp³-hybridized carbons (Fsp3) is 0.429. The molecule has 7 nitrogen and oxygen atoms in total. The Balaban J connectivity index is 1.35. The zero-order chi connectivity index (χ0) is 20.2. The highest BCUT2D eigenvalue weighted by molar-refractivity contribution is 7.99. The number of hydrogen-bond donors (Lipinski definition) is 0. The summed E-state index contributed by atoms with van der Waals surface area (Å²) in [7, 11) is 0. The van der Waals surface area contributed by atoms with Crippen LogP contribution >= 0.6 is 11.8 Å². The Morgan fingerprint density at radius 1 is 1.07 bits per heavy atom. The second-order valence-electron chi connectivity index (χ2n) is 7.34. The summed E-state index contributed by atoms with van der Waals surface area (Å²) in [5.41, 5.74) is 0.983.